The molecule has 16 heavy (non-hydrogen) atoms. The van der Waals surface area contributed by atoms with Gasteiger partial charge in [-0.3, -0.25) is 0 Å². The van der Waals surface area contributed by atoms with Gasteiger partial charge in [-0.15, -0.1) is 22.7 Å². The van der Waals surface area contributed by atoms with Crippen LogP contribution in [0.2, 0.25) is 0 Å². The van der Waals surface area contributed by atoms with Gasteiger partial charge in [0.15, 0.2) is 0 Å². The van der Waals surface area contributed by atoms with E-state index in [1.54, 1.807) is 22.7 Å². The van der Waals surface area contributed by atoms with Gasteiger partial charge in [0.25, 0.3) is 0 Å². The van der Waals surface area contributed by atoms with Gasteiger partial charge in [0.05, 0.1) is 0 Å². The molecule has 2 heterocycles. The van der Waals surface area contributed by atoms with Crippen LogP contribution in [-0.2, 0) is 6.54 Å². The first-order chi connectivity index (χ1) is 7.75. The summed E-state index contributed by atoms with van der Waals surface area (Å²) >= 11 is 3.32. The summed E-state index contributed by atoms with van der Waals surface area (Å²) < 4.78 is 0. The van der Waals surface area contributed by atoms with E-state index in [0.717, 1.165) is 28.8 Å². The Hall–Kier alpha value is -0.780. The van der Waals surface area contributed by atoms with Crippen LogP contribution < -0.4 is 5.32 Å². The summed E-state index contributed by atoms with van der Waals surface area (Å²) in [5, 5.41) is 9.58. The number of hydrogen-bond acceptors (Lipinski definition) is 5. The summed E-state index contributed by atoms with van der Waals surface area (Å²) in [5.41, 5.74) is 1.00. The summed E-state index contributed by atoms with van der Waals surface area (Å²) in [6, 6.07) is 0. The van der Waals surface area contributed by atoms with Crippen LogP contribution in [0.25, 0.3) is 10.7 Å². The summed E-state index contributed by atoms with van der Waals surface area (Å²) in [7, 11) is 0. The highest BCUT2D eigenvalue weighted by molar-refractivity contribution is 7.14. The fraction of sp³-hybridized carbons (Fsp3) is 0.455. The molecule has 0 aliphatic heterocycles. The summed E-state index contributed by atoms with van der Waals surface area (Å²) in [6.07, 6.45) is 1.82. The molecule has 2 aromatic heterocycles. The third-order valence-corrected chi connectivity index (χ3v) is 3.68. The van der Waals surface area contributed by atoms with Crippen molar-refractivity contribution in [2.24, 2.45) is 5.92 Å². The molecule has 5 heteroatoms. The molecular weight excluding hydrogens is 238 g/mol. The lowest BCUT2D eigenvalue weighted by Gasteiger charge is -2.04. The average molecular weight is 253 g/mol. The van der Waals surface area contributed by atoms with Crippen molar-refractivity contribution in [2.75, 3.05) is 6.54 Å². The van der Waals surface area contributed by atoms with E-state index >= 15 is 0 Å². The molecule has 2 rings (SSSR count). The quantitative estimate of drug-likeness (QED) is 0.890. The Morgan fingerprint density at radius 1 is 1.38 bits per heavy atom. The Bertz CT molecular complexity index is 420. The Kier molecular flexibility index (Phi) is 4.04. The number of rotatable bonds is 5. The van der Waals surface area contributed by atoms with Crippen LogP contribution in [0.15, 0.2) is 17.0 Å². The van der Waals surface area contributed by atoms with Gasteiger partial charge in [0, 0.05) is 23.5 Å². The molecule has 1 N–H and O–H groups in total. The number of nitrogens with zero attached hydrogens (tertiary/aromatic N) is 2. The molecule has 0 aliphatic rings. The van der Waals surface area contributed by atoms with Crippen molar-refractivity contribution in [3.8, 4) is 10.7 Å². The third-order valence-electron chi connectivity index (χ3n) is 2.03. The van der Waals surface area contributed by atoms with Gasteiger partial charge < -0.3 is 5.32 Å². The maximum atomic E-state index is 4.55. The van der Waals surface area contributed by atoms with Gasteiger partial charge in [-0.1, -0.05) is 13.8 Å². The molecular formula is C11H15N3S2. The molecule has 0 bridgehead atoms. The van der Waals surface area contributed by atoms with E-state index in [9.17, 15) is 0 Å². The van der Waals surface area contributed by atoms with Gasteiger partial charge in [-0.25, -0.2) is 9.97 Å². The monoisotopic (exact) mass is 253 g/mol. The Labute approximate surface area is 104 Å². The molecule has 0 aromatic carbocycles. The van der Waals surface area contributed by atoms with Crippen LogP contribution in [0.3, 0.4) is 0 Å². The molecule has 2 aromatic rings. The molecule has 86 valence electrons. The van der Waals surface area contributed by atoms with E-state index < -0.39 is 0 Å². The highest BCUT2D eigenvalue weighted by atomic mass is 32.1. The maximum absolute atomic E-state index is 4.55. The lowest BCUT2D eigenvalue weighted by molar-refractivity contribution is 0.551. The van der Waals surface area contributed by atoms with Crippen molar-refractivity contribution in [1.29, 1.82) is 0 Å². The van der Waals surface area contributed by atoms with E-state index in [1.165, 1.54) is 0 Å². The molecule has 0 fully saturated rings. The summed E-state index contributed by atoms with van der Waals surface area (Å²) in [6.45, 7) is 6.30. The fourth-order valence-electron chi connectivity index (χ4n) is 1.31. The Morgan fingerprint density at radius 2 is 2.25 bits per heavy atom. The minimum atomic E-state index is 0.679. The zero-order chi connectivity index (χ0) is 11.4. The molecule has 0 saturated carbocycles. The summed E-state index contributed by atoms with van der Waals surface area (Å²) in [4.78, 5) is 8.80. The lowest BCUT2D eigenvalue weighted by atomic mass is 10.2. The normalized spacial score (nSPS) is 11.2. The van der Waals surface area contributed by atoms with Crippen molar-refractivity contribution in [3.63, 3.8) is 0 Å². The lowest BCUT2D eigenvalue weighted by Crippen LogP contribution is -2.18. The van der Waals surface area contributed by atoms with E-state index in [0.29, 0.717) is 5.92 Å². The van der Waals surface area contributed by atoms with Gasteiger partial charge in [0.2, 0.25) is 0 Å². The van der Waals surface area contributed by atoms with Gasteiger partial charge in [-0.2, -0.15) is 0 Å². The molecule has 0 spiro atoms. The van der Waals surface area contributed by atoms with E-state index in [-0.39, 0.29) is 0 Å². The first kappa shape index (κ1) is 11.7. The molecule has 0 aliphatic carbocycles. The van der Waals surface area contributed by atoms with E-state index in [2.05, 4.69) is 34.5 Å². The van der Waals surface area contributed by atoms with Crippen molar-refractivity contribution in [3.05, 3.63) is 22.0 Å². The predicted molar refractivity (Wildman–Crippen MR) is 69.8 cm³/mol. The standard InChI is InChI=1S/C11H15N3S2/c1-8(2)5-12-6-10-14-9(7-16-10)11-13-3-4-15-11/h3-4,7-8,12H,5-6H2,1-2H3. The molecule has 0 saturated heterocycles. The minimum Gasteiger partial charge on any atom is -0.310 e. The van der Waals surface area contributed by atoms with Crippen LogP contribution >= 0.6 is 22.7 Å². The van der Waals surface area contributed by atoms with Crippen LogP contribution in [0, 0.1) is 5.92 Å². The zero-order valence-corrected chi connectivity index (χ0v) is 11.1. The maximum Gasteiger partial charge on any atom is 0.142 e. The van der Waals surface area contributed by atoms with Crippen LogP contribution in [0.1, 0.15) is 18.9 Å². The second kappa shape index (κ2) is 5.52. The fourth-order valence-corrected chi connectivity index (χ4v) is 2.73. The van der Waals surface area contributed by atoms with E-state index in [1.807, 2.05) is 11.6 Å². The van der Waals surface area contributed by atoms with Gasteiger partial charge >= 0.3 is 0 Å². The van der Waals surface area contributed by atoms with Gasteiger partial charge in [0.1, 0.15) is 15.7 Å². The zero-order valence-electron chi connectivity index (χ0n) is 9.43. The molecule has 0 unspecified atom stereocenters. The van der Waals surface area contributed by atoms with Crippen molar-refractivity contribution in [2.45, 2.75) is 20.4 Å². The largest absolute Gasteiger partial charge is 0.310 e. The number of thiazole rings is 2. The first-order valence-electron chi connectivity index (χ1n) is 5.30. The van der Waals surface area contributed by atoms with E-state index in [4.69, 9.17) is 0 Å². The first-order valence-corrected chi connectivity index (χ1v) is 7.06. The minimum absolute atomic E-state index is 0.679. The van der Waals surface area contributed by atoms with Crippen molar-refractivity contribution < 1.29 is 0 Å². The molecule has 0 amide bonds. The highest BCUT2D eigenvalue weighted by Gasteiger charge is 2.06. The van der Waals surface area contributed by atoms with Gasteiger partial charge in [-0.05, 0) is 12.5 Å². The number of hydrogen-bond donors (Lipinski definition) is 1. The summed E-state index contributed by atoms with van der Waals surface area (Å²) in [5.74, 6) is 0.679. The third kappa shape index (κ3) is 3.10. The second-order valence-electron chi connectivity index (χ2n) is 3.99. The Morgan fingerprint density at radius 3 is 2.94 bits per heavy atom. The average Bonchev–Trinajstić information content (AvgIpc) is 2.85. The topological polar surface area (TPSA) is 37.8 Å². The SMILES string of the molecule is CC(C)CNCc1nc(-c2nccs2)cs1. The smallest absolute Gasteiger partial charge is 0.142 e. The predicted octanol–water partition coefficient (Wildman–Crippen LogP) is 3.01. The highest BCUT2D eigenvalue weighted by Crippen LogP contribution is 2.23. The molecule has 0 atom stereocenters. The van der Waals surface area contributed by atoms with Crippen LogP contribution in [0.4, 0.5) is 0 Å². The number of nitrogens with one attached hydrogen (secondary N) is 1. The van der Waals surface area contributed by atoms with Crippen molar-refractivity contribution in [1.82, 2.24) is 15.3 Å². The number of aromatic nitrogens is 2. The second-order valence-corrected chi connectivity index (χ2v) is 5.83. The Balaban J connectivity index is 1.93. The van der Waals surface area contributed by atoms with Crippen LogP contribution in [-0.4, -0.2) is 16.5 Å². The van der Waals surface area contributed by atoms with Crippen LogP contribution in [0.5, 0.6) is 0 Å². The molecule has 0 radical (unpaired) electrons. The van der Waals surface area contributed by atoms with Crippen molar-refractivity contribution >= 4 is 22.7 Å². The molecule has 3 nitrogen and oxygen atoms in total.